The van der Waals surface area contributed by atoms with Crippen LogP contribution in [-0.4, -0.2) is 54.8 Å². The molecule has 5 heteroatoms. The Kier molecular flexibility index (Phi) is 4.98. The van der Waals surface area contributed by atoms with Crippen LogP contribution in [0.25, 0.3) is 0 Å². The highest BCUT2D eigenvalue weighted by atomic mass is 16.5. The first-order valence-corrected chi connectivity index (χ1v) is 6.92. The number of aliphatic hydroxyl groups is 1. The Bertz CT molecular complexity index is 447. The smallest absolute Gasteiger partial charge is 0.239 e. The number of benzene rings is 1. The van der Waals surface area contributed by atoms with E-state index in [1.165, 1.54) is 5.56 Å². The van der Waals surface area contributed by atoms with Gasteiger partial charge in [-0.15, -0.1) is 0 Å². The molecule has 2 rings (SSSR count). The molecule has 0 saturated carbocycles. The molecule has 0 aliphatic carbocycles. The highest BCUT2D eigenvalue weighted by molar-refractivity contribution is 5.82. The second-order valence-corrected chi connectivity index (χ2v) is 5.27. The zero-order valence-corrected chi connectivity index (χ0v) is 12.0. The van der Waals surface area contributed by atoms with E-state index in [0.717, 1.165) is 5.75 Å². The lowest BCUT2D eigenvalue weighted by Crippen LogP contribution is -2.43. The van der Waals surface area contributed by atoms with Gasteiger partial charge in [-0.25, -0.2) is 0 Å². The number of hydrogen-bond donors (Lipinski definition) is 2. The lowest BCUT2D eigenvalue weighted by molar-refractivity contribution is -0.132. The molecule has 1 saturated heterocycles. The van der Waals surface area contributed by atoms with Crippen LogP contribution in [0.15, 0.2) is 24.3 Å². The predicted molar refractivity (Wildman–Crippen MR) is 76.7 cm³/mol. The zero-order valence-electron chi connectivity index (χ0n) is 12.0. The van der Waals surface area contributed by atoms with Crippen LogP contribution in [0.4, 0.5) is 0 Å². The van der Waals surface area contributed by atoms with E-state index in [2.05, 4.69) is 5.32 Å². The quantitative estimate of drug-likeness (QED) is 0.826. The lowest BCUT2D eigenvalue weighted by atomic mass is 10.2. The Morgan fingerprint density at radius 1 is 1.45 bits per heavy atom. The van der Waals surface area contributed by atoms with Gasteiger partial charge in [0.1, 0.15) is 12.4 Å². The Balaban J connectivity index is 1.73. The number of nitrogens with one attached hydrogen (secondary N) is 1. The first-order valence-electron chi connectivity index (χ1n) is 6.92. The molecule has 1 fully saturated rings. The molecule has 1 aliphatic heterocycles. The van der Waals surface area contributed by atoms with Gasteiger partial charge >= 0.3 is 0 Å². The maximum Gasteiger partial charge on any atom is 0.239 e. The van der Waals surface area contributed by atoms with Gasteiger partial charge in [0, 0.05) is 13.6 Å². The Labute approximate surface area is 119 Å². The van der Waals surface area contributed by atoms with Crippen LogP contribution >= 0.6 is 0 Å². The molecule has 0 radical (unpaired) electrons. The van der Waals surface area contributed by atoms with Crippen molar-refractivity contribution >= 4 is 5.91 Å². The molecule has 0 spiro atoms. The Hall–Kier alpha value is -1.59. The maximum atomic E-state index is 12.1. The fourth-order valence-corrected chi connectivity index (χ4v) is 2.22. The average molecular weight is 278 g/mol. The van der Waals surface area contributed by atoms with Crippen LogP contribution in [0.3, 0.4) is 0 Å². The van der Waals surface area contributed by atoms with Gasteiger partial charge in [0.05, 0.1) is 18.7 Å². The SMILES string of the molecule is Cc1ccc(OCCN(C)C(=O)[C@@H]2C[C@H](O)CN2)cc1. The van der Waals surface area contributed by atoms with E-state index in [9.17, 15) is 9.90 Å². The summed E-state index contributed by atoms with van der Waals surface area (Å²) in [5.41, 5.74) is 1.19. The zero-order chi connectivity index (χ0) is 14.5. The van der Waals surface area contributed by atoms with E-state index >= 15 is 0 Å². The molecule has 5 nitrogen and oxygen atoms in total. The number of β-amino-alcohol motifs (C(OH)–C–C–N with tert-alkyl or cyclic N) is 1. The minimum absolute atomic E-state index is 0.00839. The first-order chi connectivity index (χ1) is 9.56. The van der Waals surface area contributed by atoms with E-state index in [1.54, 1.807) is 11.9 Å². The molecule has 1 aliphatic rings. The van der Waals surface area contributed by atoms with Crippen molar-refractivity contribution in [3.05, 3.63) is 29.8 Å². The summed E-state index contributed by atoms with van der Waals surface area (Å²) >= 11 is 0. The summed E-state index contributed by atoms with van der Waals surface area (Å²) in [5, 5.41) is 12.4. The van der Waals surface area contributed by atoms with Gasteiger partial charge in [-0.2, -0.15) is 0 Å². The number of carbonyl (C=O) groups is 1. The van der Waals surface area contributed by atoms with E-state index in [0.29, 0.717) is 26.1 Å². The molecule has 1 aromatic carbocycles. The molecule has 0 unspecified atom stereocenters. The molecular formula is C15H22N2O3. The summed E-state index contributed by atoms with van der Waals surface area (Å²) in [4.78, 5) is 13.7. The number of aliphatic hydroxyl groups excluding tert-OH is 1. The van der Waals surface area contributed by atoms with E-state index in [4.69, 9.17) is 4.74 Å². The molecule has 110 valence electrons. The minimum atomic E-state index is -0.416. The summed E-state index contributed by atoms with van der Waals surface area (Å²) in [5.74, 6) is 0.819. The highest BCUT2D eigenvalue weighted by Crippen LogP contribution is 2.12. The predicted octanol–water partition coefficient (Wildman–Crippen LogP) is 0.555. The van der Waals surface area contributed by atoms with Crippen molar-refractivity contribution in [1.29, 1.82) is 0 Å². The molecule has 1 amide bonds. The van der Waals surface area contributed by atoms with Gasteiger partial charge in [0.2, 0.25) is 5.91 Å². The van der Waals surface area contributed by atoms with Gasteiger partial charge in [0.25, 0.3) is 0 Å². The van der Waals surface area contributed by atoms with Gasteiger partial charge in [-0.05, 0) is 25.5 Å². The van der Waals surface area contributed by atoms with Crippen molar-refractivity contribution in [3.63, 3.8) is 0 Å². The van der Waals surface area contributed by atoms with Crippen LogP contribution in [0, 0.1) is 6.92 Å². The standard InChI is InChI=1S/C15H22N2O3/c1-11-3-5-13(6-4-11)20-8-7-17(2)15(19)14-9-12(18)10-16-14/h3-6,12,14,16,18H,7-10H2,1-2H3/t12-,14-/m0/s1. The topological polar surface area (TPSA) is 61.8 Å². The van der Waals surface area contributed by atoms with Gasteiger partial charge in [-0.1, -0.05) is 17.7 Å². The lowest BCUT2D eigenvalue weighted by Gasteiger charge is -2.21. The number of rotatable bonds is 5. The Morgan fingerprint density at radius 3 is 2.75 bits per heavy atom. The van der Waals surface area contributed by atoms with Gasteiger partial charge in [0.15, 0.2) is 0 Å². The van der Waals surface area contributed by atoms with Crippen molar-refractivity contribution in [2.45, 2.75) is 25.5 Å². The fourth-order valence-electron chi connectivity index (χ4n) is 2.22. The first kappa shape index (κ1) is 14.8. The molecule has 2 atom stereocenters. The third-order valence-corrected chi connectivity index (χ3v) is 3.50. The number of nitrogens with zero attached hydrogens (tertiary/aromatic N) is 1. The minimum Gasteiger partial charge on any atom is -0.492 e. The van der Waals surface area contributed by atoms with Crippen LogP contribution in [-0.2, 0) is 4.79 Å². The Morgan fingerprint density at radius 2 is 2.15 bits per heavy atom. The van der Waals surface area contributed by atoms with Crippen molar-refractivity contribution in [3.8, 4) is 5.75 Å². The molecule has 0 aromatic heterocycles. The molecule has 1 aromatic rings. The number of ether oxygens (including phenoxy) is 1. The molecule has 20 heavy (non-hydrogen) atoms. The summed E-state index contributed by atoms with van der Waals surface area (Å²) in [6.45, 7) is 3.50. The van der Waals surface area contributed by atoms with Gasteiger partial charge < -0.3 is 20.1 Å². The van der Waals surface area contributed by atoms with Crippen molar-refractivity contribution in [1.82, 2.24) is 10.2 Å². The van der Waals surface area contributed by atoms with E-state index < -0.39 is 6.10 Å². The van der Waals surface area contributed by atoms with Crippen molar-refractivity contribution in [2.24, 2.45) is 0 Å². The maximum absolute atomic E-state index is 12.1. The second kappa shape index (κ2) is 6.72. The normalized spacial score (nSPS) is 21.8. The fraction of sp³-hybridized carbons (Fsp3) is 0.533. The largest absolute Gasteiger partial charge is 0.492 e. The second-order valence-electron chi connectivity index (χ2n) is 5.27. The van der Waals surface area contributed by atoms with Gasteiger partial charge in [-0.3, -0.25) is 4.79 Å². The average Bonchev–Trinajstić information content (AvgIpc) is 2.86. The van der Waals surface area contributed by atoms with E-state index in [-0.39, 0.29) is 11.9 Å². The third kappa shape index (κ3) is 3.95. The van der Waals surface area contributed by atoms with Crippen LogP contribution in [0.5, 0.6) is 5.75 Å². The number of likely N-dealkylation sites (N-methyl/N-ethyl adjacent to an activating group) is 1. The van der Waals surface area contributed by atoms with E-state index in [1.807, 2.05) is 31.2 Å². The number of hydrogen-bond acceptors (Lipinski definition) is 4. The summed E-state index contributed by atoms with van der Waals surface area (Å²) < 4.78 is 5.60. The third-order valence-electron chi connectivity index (χ3n) is 3.50. The van der Waals surface area contributed by atoms with Crippen molar-refractivity contribution < 1.29 is 14.6 Å². The summed E-state index contributed by atoms with van der Waals surface area (Å²) in [6.07, 6.45) is 0.0725. The number of carbonyl (C=O) groups excluding carboxylic acids is 1. The van der Waals surface area contributed by atoms with Crippen LogP contribution in [0.1, 0.15) is 12.0 Å². The van der Waals surface area contributed by atoms with Crippen molar-refractivity contribution in [2.75, 3.05) is 26.7 Å². The van der Waals surface area contributed by atoms with Crippen LogP contribution in [0.2, 0.25) is 0 Å². The number of aryl methyl sites for hydroxylation is 1. The summed E-state index contributed by atoms with van der Waals surface area (Å²) in [7, 11) is 1.76. The highest BCUT2D eigenvalue weighted by Gasteiger charge is 2.29. The monoisotopic (exact) mass is 278 g/mol. The number of amides is 1. The molecule has 0 bridgehead atoms. The molecular weight excluding hydrogens is 256 g/mol. The molecule has 2 N–H and O–H groups in total. The summed E-state index contributed by atoms with van der Waals surface area (Å²) in [6, 6.07) is 7.56. The van der Waals surface area contributed by atoms with Crippen LogP contribution < -0.4 is 10.1 Å². The molecule has 1 heterocycles.